The van der Waals surface area contributed by atoms with Gasteiger partial charge in [0.2, 0.25) is 0 Å². The quantitative estimate of drug-likeness (QED) is 0.910. The summed E-state index contributed by atoms with van der Waals surface area (Å²) in [6.45, 7) is 10.0. The van der Waals surface area contributed by atoms with Crippen molar-refractivity contribution in [1.29, 1.82) is 0 Å². The second kappa shape index (κ2) is 5.88. The number of likely N-dealkylation sites (N-methyl/N-ethyl adjacent to an activating group) is 1. The molecule has 2 N–H and O–H groups in total. The Kier molecular flexibility index (Phi) is 4.42. The van der Waals surface area contributed by atoms with Crippen molar-refractivity contribution in [2.24, 2.45) is 5.73 Å². The van der Waals surface area contributed by atoms with Gasteiger partial charge >= 0.3 is 0 Å². The largest absolute Gasteiger partial charge is 0.366 e. The summed E-state index contributed by atoms with van der Waals surface area (Å²) in [5.41, 5.74) is 7.33. The molecule has 2 atom stereocenters. The van der Waals surface area contributed by atoms with Crippen LogP contribution in [-0.4, -0.2) is 37.1 Å². The minimum Gasteiger partial charge on any atom is -0.366 e. The van der Waals surface area contributed by atoms with Crippen LogP contribution >= 0.6 is 0 Å². The molecular weight excluding hydrogens is 241 g/mol. The highest BCUT2D eigenvalue weighted by molar-refractivity contribution is 5.50. The summed E-state index contributed by atoms with van der Waals surface area (Å²) < 4.78 is 14.2. The molecule has 0 saturated carbocycles. The van der Waals surface area contributed by atoms with Gasteiger partial charge in [-0.05, 0) is 38.1 Å². The molecule has 0 aliphatic carbocycles. The Bertz CT molecular complexity index is 433. The first-order valence-corrected chi connectivity index (χ1v) is 7.07. The fourth-order valence-electron chi connectivity index (χ4n) is 2.75. The van der Waals surface area contributed by atoms with Gasteiger partial charge in [-0.1, -0.05) is 13.0 Å². The Balaban J connectivity index is 2.15. The smallest absolute Gasteiger partial charge is 0.146 e. The SMILES string of the molecule is CCN1CCN(c2ccc([C@@H](C)N)cc2F)CC1C. The number of anilines is 1. The molecule has 1 fully saturated rings. The number of piperazine rings is 1. The topological polar surface area (TPSA) is 32.5 Å². The molecule has 0 aromatic heterocycles. The van der Waals surface area contributed by atoms with Crippen LogP contribution in [0, 0.1) is 5.82 Å². The first kappa shape index (κ1) is 14.3. The molecule has 1 heterocycles. The fourth-order valence-corrected chi connectivity index (χ4v) is 2.75. The third-order valence-electron chi connectivity index (χ3n) is 4.01. The van der Waals surface area contributed by atoms with E-state index in [4.69, 9.17) is 5.73 Å². The lowest BCUT2D eigenvalue weighted by atomic mass is 10.1. The average Bonchev–Trinajstić information content (AvgIpc) is 2.38. The highest BCUT2D eigenvalue weighted by Crippen LogP contribution is 2.25. The van der Waals surface area contributed by atoms with Crippen LogP contribution in [0.3, 0.4) is 0 Å². The van der Waals surface area contributed by atoms with Crippen LogP contribution in [0.25, 0.3) is 0 Å². The van der Waals surface area contributed by atoms with E-state index in [1.165, 1.54) is 0 Å². The van der Waals surface area contributed by atoms with Crippen molar-refractivity contribution in [2.45, 2.75) is 32.9 Å². The molecule has 0 amide bonds. The lowest BCUT2D eigenvalue weighted by Gasteiger charge is -2.40. The Hall–Kier alpha value is -1.13. The number of nitrogens with two attached hydrogens (primary N) is 1. The normalized spacial score (nSPS) is 22.6. The first-order valence-electron chi connectivity index (χ1n) is 7.07. The standard InChI is InChI=1S/C15H24FN3/c1-4-18-7-8-19(10-11(18)2)15-6-5-13(12(3)17)9-14(15)16/h5-6,9,11-12H,4,7-8,10,17H2,1-3H3/t11?,12-/m1/s1. The van der Waals surface area contributed by atoms with Crippen molar-refractivity contribution >= 4 is 5.69 Å². The van der Waals surface area contributed by atoms with Crippen LogP contribution in [0.4, 0.5) is 10.1 Å². The lowest BCUT2D eigenvalue weighted by molar-refractivity contribution is 0.199. The summed E-state index contributed by atoms with van der Waals surface area (Å²) in [4.78, 5) is 4.56. The van der Waals surface area contributed by atoms with Gasteiger partial charge in [-0.3, -0.25) is 4.90 Å². The number of nitrogens with zero attached hydrogens (tertiary/aromatic N) is 2. The van der Waals surface area contributed by atoms with E-state index in [1.807, 2.05) is 19.1 Å². The fraction of sp³-hybridized carbons (Fsp3) is 0.600. The van der Waals surface area contributed by atoms with Gasteiger partial charge in [0.25, 0.3) is 0 Å². The van der Waals surface area contributed by atoms with Gasteiger partial charge in [0.15, 0.2) is 0 Å². The molecule has 0 bridgehead atoms. The molecule has 0 spiro atoms. The third-order valence-corrected chi connectivity index (χ3v) is 4.01. The zero-order valence-electron chi connectivity index (χ0n) is 12.1. The molecule has 1 aromatic carbocycles. The summed E-state index contributed by atoms with van der Waals surface area (Å²) in [7, 11) is 0. The Morgan fingerprint density at radius 2 is 2.16 bits per heavy atom. The molecule has 19 heavy (non-hydrogen) atoms. The van der Waals surface area contributed by atoms with Crippen molar-refractivity contribution in [2.75, 3.05) is 31.1 Å². The number of hydrogen-bond acceptors (Lipinski definition) is 3. The van der Waals surface area contributed by atoms with E-state index in [1.54, 1.807) is 6.07 Å². The van der Waals surface area contributed by atoms with Crippen molar-refractivity contribution in [3.8, 4) is 0 Å². The Morgan fingerprint density at radius 1 is 1.42 bits per heavy atom. The predicted octanol–water partition coefficient (Wildman–Crippen LogP) is 2.38. The van der Waals surface area contributed by atoms with Crippen molar-refractivity contribution in [1.82, 2.24) is 4.90 Å². The number of hydrogen-bond donors (Lipinski definition) is 1. The molecule has 1 unspecified atom stereocenters. The minimum absolute atomic E-state index is 0.126. The van der Waals surface area contributed by atoms with Crippen LogP contribution in [0.5, 0.6) is 0 Å². The van der Waals surface area contributed by atoms with Gasteiger partial charge in [-0.15, -0.1) is 0 Å². The third kappa shape index (κ3) is 3.07. The molecule has 1 aromatic rings. The van der Waals surface area contributed by atoms with Gasteiger partial charge in [0.1, 0.15) is 5.82 Å². The summed E-state index contributed by atoms with van der Waals surface area (Å²) in [6.07, 6.45) is 0. The molecule has 3 nitrogen and oxygen atoms in total. The molecule has 0 radical (unpaired) electrons. The van der Waals surface area contributed by atoms with Crippen LogP contribution in [0.1, 0.15) is 32.4 Å². The van der Waals surface area contributed by atoms with E-state index in [9.17, 15) is 4.39 Å². The van der Waals surface area contributed by atoms with Crippen LogP contribution in [0.2, 0.25) is 0 Å². The second-order valence-corrected chi connectivity index (χ2v) is 5.42. The van der Waals surface area contributed by atoms with Crippen LogP contribution < -0.4 is 10.6 Å². The van der Waals surface area contributed by atoms with Crippen LogP contribution in [-0.2, 0) is 0 Å². The molecular formula is C15H24FN3. The van der Waals surface area contributed by atoms with Crippen LogP contribution in [0.15, 0.2) is 18.2 Å². The average molecular weight is 265 g/mol. The van der Waals surface area contributed by atoms with E-state index in [0.717, 1.165) is 31.7 Å². The van der Waals surface area contributed by atoms with Gasteiger partial charge in [0.05, 0.1) is 5.69 Å². The maximum atomic E-state index is 14.2. The molecule has 2 rings (SSSR count). The number of halogens is 1. The van der Waals surface area contributed by atoms with E-state index in [0.29, 0.717) is 11.7 Å². The summed E-state index contributed by atoms with van der Waals surface area (Å²) in [5, 5.41) is 0. The van der Waals surface area contributed by atoms with E-state index >= 15 is 0 Å². The van der Waals surface area contributed by atoms with Crippen molar-refractivity contribution < 1.29 is 4.39 Å². The molecule has 4 heteroatoms. The highest BCUT2D eigenvalue weighted by Gasteiger charge is 2.24. The predicted molar refractivity (Wildman–Crippen MR) is 77.9 cm³/mol. The summed E-state index contributed by atoms with van der Waals surface area (Å²) in [6, 6.07) is 5.70. The van der Waals surface area contributed by atoms with Gasteiger partial charge in [-0.25, -0.2) is 4.39 Å². The molecule has 1 aliphatic rings. The van der Waals surface area contributed by atoms with Crippen molar-refractivity contribution in [3.05, 3.63) is 29.6 Å². The monoisotopic (exact) mass is 265 g/mol. The van der Waals surface area contributed by atoms with Gasteiger partial charge in [-0.2, -0.15) is 0 Å². The number of benzene rings is 1. The maximum absolute atomic E-state index is 14.2. The van der Waals surface area contributed by atoms with Gasteiger partial charge < -0.3 is 10.6 Å². The zero-order chi connectivity index (χ0) is 14.0. The van der Waals surface area contributed by atoms with Crippen molar-refractivity contribution in [3.63, 3.8) is 0 Å². The lowest BCUT2D eigenvalue weighted by Crippen LogP contribution is -2.52. The first-order chi connectivity index (χ1) is 9.02. The Morgan fingerprint density at radius 3 is 2.68 bits per heavy atom. The van der Waals surface area contributed by atoms with E-state index in [-0.39, 0.29) is 11.9 Å². The summed E-state index contributed by atoms with van der Waals surface area (Å²) >= 11 is 0. The van der Waals surface area contributed by atoms with Gasteiger partial charge in [0, 0.05) is 31.7 Å². The molecule has 1 saturated heterocycles. The maximum Gasteiger partial charge on any atom is 0.146 e. The second-order valence-electron chi connectivity index (χ2n) is 5.42. The van der Waals surface area contributed by atoms with E-state index < -0.39 is 0 Å². The number of rotatable bonds is 3. The molecule has 1 aliphatic heterocycles. The molecule has 106 valence electrons. The van der Waals surface area contributed by atoms with E-state index in [2.05, 4.69) is 23.6 Å². The highest BCUT2D eigenvalue weighted by atomic mass is 19.1. The minimum atomic E-state index is -0.160. The Labute approximate surface area is 115 Å². The zero-order valence-corrected chi connectivity index (χ0v) is 12.1. The summed E-state index contributed by atoms with van der Waals surface area (Å²) in [5.74, 6) is -0.160.